The van der Waals surface area contributed by atoms with Gasteiger partial charge in [-0.1, -0.05) is 20.8 Å². The quantitative estimate of drug-likeness (QED) is 0.535. The largest absolute Gasteiger partial charge is 0.401 e. The molecule has 0 amide bonds. The van der Waals surface area contributed by atoms with Gasteiger partial charge in [0.2, 0.25) is 0 Å². The number of aliphatic imine (C=N–C) groups is 1. The molecule has 4 heteroatoms. The zero-order valence-electron chi connectivity index (χ0n) is 10.5. The minimum Gasteiger partial charge on any atom is -0.401 e. The van der Waals surface area contributed by atoms with Crippen molar-refractivity contribution < 1.29 is 0 Å². The van der Waals surface area contributed by atoms with Crippen molar-refractivity contribution in [2.45, 2.75) is 20.8 Å². The number of nitrogens with zero attached hydrogens (tertiary/aromatic N) is 2. The number of likely N-dealkylation sites (N-methyl/N-ethyl adjacent to an activating group) is 1. The van der Waals surface area contributed by atoms with Crippen LogP contribution in [-0.2, 0) is 0 Å². The van der Waals surface area contributed by atoms with E-state index in [-0.39, 0.29) is 5.41 Å². The molecule has 0 atom stereocenters. The average molecular weight is 212 g/mol. The van der Waals surface area contributed by atoms with E-state index in [1.807, 2.05) is 34.9 Å². The summed E-state index contributed by atoms with van der Waals surface area (Å²) in [5.74, 6) is 0.504. The molecule has 0 saturated heterocycles. The molecule has 0 bridgehead atoms. The molecule has 88 valence electrons. The van der Waals surface area contributed by atoms with Crippen LogP contribution in [0.3, 0.4) is 0 Å². The maximum Gasteiger partial charge on any atom is 0.119 e. The molecule has 0 unspecified atom stereocenters. The molecule has 4 N–H and O–H groups in total. The molecule has 0 aromatic heterocycles. The van der Waals surface area contributed by atoms with Crippen molar-refractivity contribution in [2.75, 3.05) is 27.2 Å². The number of nitrogens with two attached hydrogens (primary N) is 2. The molecule has 15 heavy (non-hydrogen) atoms. The van der Waals surface area contributed by atoms with Crippen LogP contribution in [0.2, 0.25) is 0 Å². The van der Waals surface area contributed by atoms with Crippen molar-refractivity contribution in [3.05, 3.63) is 11.8 Å². The van der Waals surface area contributed by atoms with Crippen LogP contribution in [0.1, 0.15) is 20.8 Å². The highest BCUT2D eigenvalue weighted by Crippen LogP contribution is 2.19. The Labute approximate surface area is 93.0 Å². The Kier molecular flexibility index (Phi) is 5.36. The molecule has 0 aliphatic heterocycles. The van der Waals surface area contributed by atoms with Crippen molar-refractivity contribution in [3.8, 4) is 0 Å². The monoisotopic (exact) mass is 212 g/mol. The standard InChI is InChI=1S/C11H24N4/c1-11(2,3)9(12)8-10(13)14-6-7-15(4)5/h8H,6-7,12H2,1-5H3,(H2,13,14)/b9-8-. The lowest BCUT2D eigenvalue weighted by molar-refractivity contribution is 0.420. The molecule has 0 aromatic carbocycles. The van der Waals surface area contributed by atoms with Gasteiger partial charge in [0.05, 0.1) is 6.54 Å². The minimum absolute atomic E-state index is 0.0539. The highest BCUT2D eigenvalue weighted by molar-refractivity contribution is 5.92. The minimum atomic E-state index is -0.0539. The normalized spacial score (nSPS) is 14.8. The predicted molar refractivity (Wildman–Crippen MR) is 66.8 cm³/mol. The van der Waals surface area contributed by atoms with Crippen molar-refractivity contribution in [1.29, 1.82) is 0 Å². The van der Waals surface area contributed by atoms with E-state index in [1.54, 1.807) is 6.08 Å². The molecular formula is C11H24N4. The number of hydrogen-bond donors (Lipinski definition) is 2. The first-order valence-corrected chi connectivity index (χ1v) is 5.16. The van der Waals surface area contributed by atoms with E-state index in [4.69, 9.17) is 11.5 Å². The van der Waals surface area contributed by atoms with Crippen LogP contribution in [0.15, 0.2) is 16.8 Å². The lowest BCUT2D eigenvalue weighted by Crippen LogP contribution is -2.22. The summed E-state index contributed by atoms with van der Waals surface area (Å²) in [6.07, 6.45) is 1.75. The van der Waals surface area contributed by atoms with Gasteiger partial charge in [-0.25, -0.2) is 0 Å². The maximum atomic E-state index is 5.87. The topological polar surface area (TPSA) is 67.6 Å². The van der Waals surface area contributed by atoms with E-state index in [0.29, 0.717) is 12.4 Å². The molecular weight excluding hydrogens is 188 g/mol. The van der Waals surface area contributed by atoms with Gasteiger partial charge in [0.15, 0.2) is 0 Å². The summed E-state index contributed by atoms with van der Waals surface area (Å²) >= 11 is 0. The fraction of sp³-hybridized carbons (Fsp3) is 0.727. The van der Waals surface area contributed by atoms with Gasteiger partial charge in [0.1, 0.15) is 5.84 Å². The van der Waals surface area contributed by atoms with E-state index >= 15 is 0 Å². The van der Waals surface area contributed by atoms with Gasteiger partial charge in [-0.05, 0) is 20.2 Å². The predicted octanol–water partition coefficient (Wildman–Crippen LogP) is 0.794. The van der Waals surface area contributed by atoms with Crippen LogP contribution in [0.4, 0.5) is 0 Å². The lowest BCUT2D eigenvalue weighted by Gasteiger charge is -2.18. The first kappa shape index (κ1) is 14.0. The van der Waals surface area contributed by atoms with Crippen LogP contribution >= 0.6 is 0 Å². The highest BCUT2D eigenvalue weighted by Gasteiger charge is 2.13. The molecule has 0 aliphatic carbocycles. The number of amidine groups is 1. The molecule has 0 aliphatic rings. The molecule has 0 fully saturated rings. The fourth-order valence-corrected chi connectivity index (χ4v) is 0.801. The molecule has 0 spiro atoms. The summed E-state index contributed by atoms with van der Waals surface area (Å²) in [4.78, 5) is 6.28. The van der Waals surface area contributed by atoms with Gasteiger partial charge in [0.25, 0.3) is 0 Å². The molecule has 4 nitrogen and oxygen atoms in total. The Balaban J connectivity index is 4.28. The molecule has 0 saturated carbocycles. The van der Waals surface area contributed by atoms with Crippen molar-refractivity contribution >= 4 is 5.84 Å². The van der Waals surface area contributed by atoms with E-state index in [1.165, 1.54) is 0 Å². The molecule has 0 radical (unpaired) electrons. The Hall–Kier alpha value is -1.03. The van der Waals surface area contributed by atoms with Crippen molar-refractivity contribution in [1.82, 2.24) is 4.90 Å². The number of hydrogen-bond acceptors (Lipinski definition) is 3. The lowest BCUT2D eigenvalue weighted by atomic mass is 9.92. The molecule has 0 rings (SSSR count). The Morgan fingerprint density at radius 2 is 1.80 bits per heavy atom. The summed E-state index contributed by atoms with van der Waals surface area (Å²) in [6, 6.07) is 0. The van der Waals surface area contributed by atoms with Crippen LogP contribution in [0, 0.1) is 5.41 Å². The van der Waals surface area contributed by atoms with Gasteiger partial charge in [-0.2, -0.15) is 0 Å². The van der Waals surface area contributed by atoms with E-state index in [2.05, 4.69) is 9.89 Å². The first-order chi connectivity index (χ1) is 6.73. The summed E-state index contributed by atoms with van der Waals surface area (Å²) in [7, 11) is 4.01. The van der Waals surface area contributed by atoms with Crippen LogP contribution in [-0.4, -0.2) is 37.9 Å². The van der Waals surface area contributed by atoms with Crippen molar-refractivity contribution in [2.24, 2.45) is 21.9 Å². The van der Waals surface area contributed by atoms with Gasteiger partial charge < -0.3 is 16.4 Å². The van der Waals surface area contributed by atoms with E-state index in [0.717, 1.165) is 12.2 Å². The first-order valence-electron chi connectivity index (χ1n) is 5.16. The number of allylic oxidation sites excluding steroid dienone is 1. The van der Waals surface area contributed by atoms with E-state index < -0.39 is 0 Å². The third-order valence-electron chi connectivity index (χ3n) is 2.01. The van der Waals surface area contributed by atoms with Gasteiger partial charge in [0, 0.05) is 17.7 Å². The third-order valence-corrected chi connectivity index (χ3v) is 2.01. The highest BCUT2D eigenvalue weighted by atomic mass is 15.1. The smallest absolute Gasteiger partial charge is 0.119 e. The average Bonchev–Trinajstić information content (AvgIpc) is 2.01. The summed E-state index contributed by atoms with van der Waals surface area (Å²) in [6.45, 7) is 7.74. The Morgan fingerprint density at radius 1 is 1.27 bits per heavy atom. The van der Waals surface area contributed by atoms with Crippen LogP contribution in [0.25, 0.3) is 0 Å². The fourth-order valence-electron chi connectivity index (χ4n) is 0.801. The SMILES string of the molecule is CN(C)CCN=C(N)/C=C(\N)C(C)(C)C. The summed E-state index contributed by atoms with van der Waals surface area (Å²) in [5.41, 5.74) is 12.3. The second-order valence-corrected chi connectivity index (χ2v) is 4.96. The van der Waals surface area contributed by atoms with E-state index in [9.17, 15) is 0 Å². The second-order valence-electron chi connectivity index (χ2n) is 4.96. The molecule has 0 aromatic rings. The maximum absolute atomic E-state index is 5.87. The van der Waals surface area contributed by atoms with Gasteiger partial charge in [-0.3, -0.25) is 4.99 Å². The van der Waals surface area contributed by atoms with Gasteiger partial charge in [-0.15, -0.1) is 0 Å². The Morgan fingerprint density at radius 3 is 2.20 bits per heavy atom. The summed E-state index contributed by atoms with van der Waals surface area (Å²) < 4.78 is 0. The van der Waals surface area contributed by atoms with Crippen molar-refractivity contribution in [3.63, 3.8) is 0 Å². The van der Waals surface area contributed by atoms with Gasteiger partial charge >= 0.3 is 0 Å². The zero-order chi connectivity index (χ0) is 12.1. The molecule has 0 heterocycles. The summed E-state index contributed by atoms with van der Waals surface area (Å²) in [5, 5.41) is 0. The Bertz CT molecular complexity index is 246. The zero-order valence-corrected chi connectivity index (χ0v) is 10.5. The van der Waals surface area contributed by atoms with Crippen LogP contribution < -0.4 is 11.5 Å². The third kappa shape index (κ3) is 6.96. The van der Waals surface area contributed by atoms with Crippen LogP contribution in [0.5, 0.6) is 0 Å². The number of rotatable bonds is 4. The second kappa shape index (κ2) is 5.75.